The van der Waals surface area contributed by atoms with Gasteiger partial charge in [0.25, 0.3) is 0 Å². The van der Waals surface area contributed by atoms with Crippen molar-refractivity contribution in [3.05, 3.63) is 23.6 Å². The largest absolute Gasteiger partial charge is 0.357 e. The highest BCUT2D eigenvalue weighted by Crippen LogP contribution is 2.20. The molecule has 0 N–H and O–H groups in total. The second-order valence-electron chi connectivity index (χ2n) is 6.23. The van der Waals surface area contributed by atoms with Crippen LogP contribution in [0.4, 0.5) is 10.2 Å². The molecule has 5 nitrogen and oxygen atoms in total. The molecule has 2 aliphatic rings. The summed E-state index contributed by atoms with van der Waals surface area (Å²) in [4.78, 5) is 22.8. The molecule has 0 spiro atoms. The van der Waals surface area contributed by atoms with Crippen LogP contribution in [-0.4, -0.2) is 73.4 Å². The number of piperazine rings is 1. The number of rotatable bonds is 4. The molecule has 0 atom stereocenters. The third-order valence-electron chi connectivity index (χ3n) is 4.50. The van der Waals surface area contributed by atoms with E-state index in [1.165, 1.54) is 6.07 Å². The lowest BCUT2D eigenvalue weighted by atomic mass is 10.1. The molecule has 2 fully saturated rings. The Morgan fingerprint density at radius 2 is 1.82 bits per heavy atom. The van der Waals surface area contributed by atoms with E-state index in [0.29, 0.717) is 17.9 Å². The van der Waals surface area contributed by atoms with Crippen molar-refractivity contribution in [2.24, 2.45) is 0 Å². The number of ketones is 1. The number of nitrogens with zero attached hydrogens (tertiary/aromatic N) is 4. The van der Waals surface area contributed by atoms with E-state index in [2.05, 4.69) is 26.7 Å². The number of hydrogen-bond acceptors (Lipinski definition) is 5. The van der Waals surface area contributed by atoms with E-state index >= 15 is 0 Å². The monoisotopic (exact) mass is 306 g/mol. The number of Topliss-reactive ketones (excluding diaryl/α,β-unsaturated/α-hetero) is 1. The minimum Gasteiger partial charge on any atom is -0.357 e. The lowest BCUT2D eigenvalue weighted by Crippen LogP contribution is -2.46. The molecule has 0 aromatic carbocycles. The van der Waals surface area contributed by atoms with Gasteiger partial charge in [-0.1, -0.05) is 0 Å². The summed E-state index contributed by atoms with van der Waals surface area (Å²) in [6.07, 6.45) is 2.20. The van der Waals surface area contributed by atoms with Crippen molar-refractivity contribution in [2.75, 3.05) is 57.8 Å². The van der Waals surface area contributed by atoms with E-state index in [9.17, 15) is 9.18 Å². The molecule has 1 aromatic rings. The number of pyridine rings is 1. The molecule has 1 aromatic heterocycles. The van der Waals surface area contributed by atoms with Crippen molar-refractivity contribution in [2.45, 2.75) is 12.8 Å². The molecule has 0 amide bonds. The summed E-state index contributed by atoms with van der Waals surface area (Å²) in [5.41, 5.74) is 0.438. The number of likely N-dealkylation sites (N-methyl/N-ethyl adjacent to an activating group) is 1. The van der Waals surface area contributed by atoms with Crippen molar-refractivity contribution in [3.63, 3.8) is 0 Å². The lowest BCUT2D eigenvalue weighted by molar-refractivity contribution is 0.0876. The molecule has 3 rings (SSSR count). The summed E-state index contributed by atoms with van der Waals surface area (Å²) < 4.78 is 13.8. The molecule has 0 unspecified atom stereocenters. The average molecular weight is 306 g/mol. The topological polar surface area (TPSA) is 39.7 Å². The fourth-order valence-electron chi connectivity index (χ4n) is 3.05. The van der Waals surface area contributed by atoms with Crippen LogP contribution in [0.1, 0.15) is 23.2 Å². The minimum absolute atomic E-state index is 0.0219. The number of anilines is 1. The van der Waals surface area contributed by atoms with Crippen molar-refractivity contribution in [1.82, 2.24) is 14.8 Å². The van der Waals surface area contributed by atoms with Crippen molar-refractivity contribution in [1.29, 1.82) is 0 Å². The van der Waals surface area contributed by atoms with Gasteiger partial charge in [-0.15, -0.1) is 0 Å². The number of carbonyl (C=O) groups excluding carboxylic acids is 1. The van der Waals surface area contributed by atoms with E-state index in [-0.39, 0.29) is 5.78 Å². The fraction of sp³-hybridized carbons (Fsp3) is 0.625. The quantitative estimate of drug-likeness (QED) is 0.618. The van der Waals surface area contributed by atoms with Crippen LogP contribution in [0.5, 0.6) is 0 Å². The van der Waals surface area contributed by atoms with Gasteiger partial charge in [0.1, 0.15) is 5.82 Å². The Morgan fingerprint density at radius 1 is 1.14 bits per heavy atom. The van der Waals surface area contributed by atoms with Gasteiger partial charge in [0.15, 0.2) is 5.78 Å². The van der Waals surface area contributed by atoms with E-state index in [1.807, 2.05) is 0 Å². The highest BCUT2D eigenvalue weighted by atomic mass is 19.1. The van der Waals surface area contributed by atoms with Gasteiger partial charge in [0, 0.05) is 50.9 Å². The molecule has 22 heavy (non-hydrogen) atoms. The Morgan fingerprint density at radius 3 is 2.50 bits per heavy atom. The second kappa shape index (κ2) is 6.71. The standard InChI is InChI=1S/C16H23FN4O/c1-19-6-8-20(9-7-19)12-14(22)13-10-15(17)18-16(11-13)21-4-2-3-5-21/h10-11H,2-9,12H2,1H3. The molecule has 120 valence electrons. The van der Waals surface area contributed by atoms with Gasteiger partial charge in [0.05, 0.1) is 6.54 Å². The van der Waals surface area contributed by atoms with Gasteiger partial charge >= 0.3 is 0 Å². The Hall–Kier alpha value is -1.53. The lowest BCUT2D eigenvalue weighted by Gasteiger charge is -2.31. The molecular formula is C16H23FN4O. The molecule has 6 heteroatoms. The number of carbonyl (C=O) groups is 1. The summed E-state index contributed by atoms with van der Waals surface area (Å²) in [5, 5.41) is 0. The molecule has 3 heterocycles. The van der Waals surface area contributed by atoms with Gasteiger partial charge < -0.3 is 9.80 Å². The maximum absolute atomic E-state index is 13.8. The van der Waals surface area contributed by atoms with Crippen molar-refractivity contribution < 1.29 is 9.18 Å². The van der Waals surface area contributed by atoms with Crippen LogP contribution in [0.3, 0.4) is 0 Å². The summed E-state index contributed by atoms with van der Waals surface area (Å²) in [6, 6.07) is 3.00. The summed E-state index contributed by atoms with van der Waals surface area (Å²) in [5.74, 6) is 0.0108. The Kier molecular flexibility index (Phi) is 4.69. The predicted molar refractivity (Wildman–Crippen MR) is 83.9 cm³/mol. The summed E-state index contributed by atoms with van der Waals surface area (Å²) >= 11 is 0. The van der Waals surface area contributed by atoms with Crippen molar-refractivity contribution in [3.8, 4) is 0 Å². The number of halogens is 1. The van der Waals surface area contributed by atoms with Crippen LogP contribution in [0.25, 0.3) is 0 Å². The first-order valence-corrected chi connectivity index (χ1v) is 7.98. The molecule has 0 radical (unpaired) electrons. The third kappa shape index (κ3) is 3.62. The first kappa shape index (κ1) is 15.4. The van der Waals surface area contributed by atoms with E-state index in [4.69, 9.17) is 0 Å². The third-order valence-corrected chi connectivity index (χ3v) is 4.50. The van der Waals surface area contributed by atoms with Crippen molar-refractivity contribution >= 4 is 11.6 Å². The Balaban J connectivity index is 1.69. The van der Waals surface area contributed by atoms with Crippen LogP contribution in [0.15, 0.2) is 12.1 Å². The zero-order valence-corrected chi connectivity index (χ0v) is 13.1. The number of aromatic nitrogens is 1. The highest BCUT2D eigenvalue weighted by Gasteiger charge is 2.20. The first-order valence-electron chi connectivity index (χ1n) is 7.98. The minimum atomic E-state index is -0.564. The summed E-state index contributed by atoms with van der Waals surface area (Å²) in [6.45, 7) is 5.85. The van der Waals surface area contributed by atoms with E-state index in [1.54, 1.807) is 6.07 Å². The maximum Gasteiger partial charge on any atom is 0.215 e. The molecule has 0 saturated carbocycles. The molecule has 0 bridgehead atoms. The fourth-order valence-corrected chi connectivity index (χ4v) is 3.05. The molecule has 2 saturated heterocycles. The predicted octanol–water partition coefficient (Wildman–Crippen LogP) is 1.25. The maximum atomic E-state index is 13.8. The van der Waals surface area contributed by atoms with Gasteiger partial charge in [0.2, 0.25) is 5.95 Å². The highest BCUT2D eigenvalue weighted by molar-refractivity contribution is 5.98. The molecule has 2 aliphatic heterocycles. The van der Waals surface area contributed by atoms with Gasteiger partial charge in [-0.05, 0) is 26.0 Å². The van der Waals surface area contributed by atoms with E-state index < -0.39 is 5.95 Å². The average Bonchev–Trinajstić information content (AvgIpc) is 3.03. The zero-order valence-electron chi connectivity index (χ0n) is 13.1. The van der Waals surface area contributed by atoms with Gasteiger partial charge in [-0.2, -0.15) is 4.39 Å². The molecular weight excluding hydrogens is 283 g/mol. The van der Waals surface area contributed by atoms with E-state index in [0.717, 1.165) is 52.1 Å². The Bertz CT molecular complexity index is 537. The SMILES string of the molecule is CN1CCN(CC(=O)c2cc(F)nc(N3CCCC3)c2)CC1. The molecule has 0 aliphatic carbocycles. The summed E-state index contributed by atoms with van der Waals surface area (Å²) in [7, 11) is 2.08. The van der Waals surface area contributed by atoms with Gasteiger partial charge in [-0.3, -0.25) is 9.69 Å². The Labute approximate surface area is 130 Å². The van der Waals surface area contributed by atoms with Crippen LogP contribution < -0.4 is 4.90 Å². The van der Waals surface area contributed by atoms with Crippen LogP contribution in [-0.2, 0) is 0 Å². The number of hydrogen-bond donors (Lipinski definition) is 0. The second-order valence-corrected chi connectivity index (χ2v) is 6.23. The van der Waals surface area contributed by atoms with Gasteiger partial charge in [-0.25, -0.2) is 4.98 Å². The first-order chi connectivity index (χ1) is 10.6. The van der Waals surface area contributed by atoms with Crippen LogP contribution >= 0.6 is 0 Å². The normalized spacial score (nSPS) is 20.5. The van der Waals surface area contributed by atoms with Crippen LogP contribution in [0.2, 0.25) is 0 Å². The van der Waals surface area contributed by atoms with Crippen LogP contribution in [0, 0.1) is 5.95 Å². The smallest absolute Gasteiger partial charge is 0.215 e. The zero-order chi connectivity index (χ0) is 15.5.